The molecule has 0 amide bonds. The Morgan fingerprint density at radius 3 is 1.21 bits per heavy atom. The molecule has 29 heavy (non-hydrogen) atoms. The Balaban J connectivity index is 0. The molecule has 0 saturated carbocycles. The second-order valence-corrected chi connectivity index (χ2v) is 8.62. The molecule has 0 aliphatic heterocycles. The summed E-state index contributed by atoms with van der Waals surface area (Å²) >= 11 is 0. The SMILES string of the molecule is CCCCCCCCCCN(CCCCCCCCCC)CCCCC(=O)[O-].[K+]. The summed E-state index contributed by atoms with van der Waals surface area (Å²) in [5.74, 6) is -0.905. The van der Waals surface area contributed by atoms with Crippen LogP contribution in [0, 0.1) is 0 Å². The minimum atomic E-state index is -0.905. The Hall–Kier alpha value is 1.07. The van der Waals surface area contributed by atoms with Gasteiger partial charge in [-0.25, -0.2) is 0 Å². The molecule has 0 aromatic carbocycles. The second-order valence-electron chi connectivity index (χ2n) is 8.62. The molecule has 0 unspecified atom stereocenters. The van der Waals surface area contributed by atoms with Gasteiger partial charge in [-0.15, -0.1) is 0 Å². The molecule has 0 rings (SSSR count). The van der Waals surface area contributed by atoms with Crippen molar-refractivity contribution in [3.8, 4) is 0 Å². The quantitative estimate of drug-likeness (QED) is 0.182. The van der Waals surface area contributed by atoms with Crippen molar-refractivity contribution in [1.82, 2.24) is 4.90 Å². The van der Waals surface area contributed by atoms with Gasteiger partial charge in [-0.1, -0.05) is 104 Å². The largest absolute Gasteiger partial charge is 1.00 e. The Morgan fingerprint density at radius 2 is 0.862 bits per heavy atom. The molecule has 0 saturated heterocycles. The summed E-state index contributed by atoms with van der Waals surface area (Å²) in [5.41, 5.74) is 0. The van der Waals surface area contributed by atoms with Gasteiger partial charge in [0.2, 0.25) is 0 Å². The van der Waals surface area contributed by atoms with Crippen molar-refractivity contribution in [1.29, 1.82) is 0 Å². The van der Waals surface area contributed by atoms with E-state index in [4.69, 9.17) is 0 Å². The molecule has 0 aliphatic carbocycles. The second kappa shape index (κ2) is 27.1. The zero-order valence-electron chi connectivity index (χ0n) is 20.3. The molecular formula is C25H50KNO2. The van der Waals surface area contributed by atoms with E-state index < -0.39 is 5.97 Å². The van der Waals surface area contributed by atoms with Crippen LogP contribution >= 0.6 is 0 Å². The molecule has 4 heteroatoms. The summed E-state index contributed by atoms with van der Waals surface area (Å²) in [6.45, 7) is 7.98. The van der Waals surface area contributed by atoms with E-state index in [2.05, 4.69) is 18.7 Å². The number of carboxylic acid groups (broad SMARTS) is 1. The standard InChI is InChI=1S/C25H51NO2.K/c1-3-5-7-9-11-13-15-18-22-26(24-20-17-21-25(27)28)23-19-16-14-12-10-8-6-4-2;/h3-24H2,1-2H3,(H,27,28);/q;+1/p-1. The number of hydrogen-bond acceptors (Lipinski definition) is 3. The van der Waals surface area contributed by atoms with Crippen molar-refractivity contribution in [2.24, 2.45) is 0 Å². The van der Waals surface area contributed by atoms with Crippen LogP contribution in [-0.2, 0) is 4.79 Å². The van der Waals surface area contributed by atoms with E-state index in [1.54, 1.807) is 0 Å². The van der Waals surface area contributed by atoms with E-state index in [-0.39, 0.29) is 57.8 Å². The topological polar surface area (TPSA) is 43.4 Å². The van der Waals surface area contributed by atoms with Gasteiger partial charge in [0.1, 0.15) is 0 Å². The van der Waals surface area contributed by atoms with Crippen molar-refractivity contribution in [3.63, 3.8) is 0 Å². The summed E-state index contributed by atoms with van der Waals surface area (Å²) in [5, 5.41) is 10.6. The van der Waals surface area contributed by atoms with Crippen LogP contribution in [0.1, 0.15) is 136 Å². The van der Waals surface area contributed by atoms with E-state index >= 15 is 0 Å². The Kier molecular flexibility index (Phi) is 30.1. The first-order valence-electron chi connectivity index (χ1n) is 12.6. The molecular weight excluding hydrogens is 385 g/mol. The van der Waals surface area contributed by atoms with Crippen molar-refractivity contribution in [2.75, 3.05) is 19.6 Å². The fraction of sp³-hybridized carbons (Fsp3) is 0.960. The molecule has 168 valence electrons. The molecule has 0 aromatic heterocycles. The maximum absolute atomic E-state index is 10.6. The molecule has 0 spiro atoms. The maximum Gasteiger partial charge on any atom is 1.00 e. The molecule has 0 heterocycles. The monoisotopic (exact) mass is 435 g/mol. The molecule has 0 N–H and O–H groups in total. The van der Waals surface area contributed by atoms with Crippen molar-refractivity contribution in [3.05, 3.63) is 0 Å². The van der Waals surface area contributed by atoms with E-state index in [0.29, 0.717) is 0 Å². The van der Waals surface area contributed by atoms with Crippen LogP contribution in [0.5, 0.6) is 0 Å². The third kappa shape index (κ3) is 27.0. The number of rotatable bonds is 23. The van der Waals surface area contributed by atoms with E-state index in [1.165, 1.54) is 116 Å². The van der Waals surface area contributed by atoms with Gasteiger partial charge in [0.15, 0.2) is 0 Å². The number of aliphatic carboxylic acids is 1. The first kappa shape index (κ1) is 32.2. The molecule has 3 nitrogen and oxygen atoms in total. The van der Waals surface area contributed by atoms with E-state index in [0.717, 1.165) is 19.4 Å². The Morgan fingerprint density at radius 1 is 0.552 bits per heavy atom. The molecule has 0 radical (unpaired) electrons. The van der Waals surface area contributed by atoms with Crippen LogP contribution in [-0.4, -0.2) is 30.5 Å². The van der Waals surface area contributed by atoms with Crippen LogP contribution in [0.4, 0.5) is 0 Å². The van der Waals surface area contributed by atoms with Crippen LogP contribution in [0.15, 0.2) is 0 Å². The molecule has 0 fully saturated rings. The van der Waals surface area contributed by atoms with Crippen molar-refractivity contribution in [2.45, 2.75) is 136 Å². The average molecular weight is 436 g/mol. The number of carboxylic acids is 1. The number of carbonyl (C=O) groups excluding carboxylic acids is 1. The smallest absolute Gasteiger partial charge is 0.550 e. The summed E-state index contributed by atoms with van der Waals surface area (Å²) in [6.07, 6.45) is 23.8. The summed E-state index contributed by atoms with van der Waals surface area (Å²) in [7, 11) is 0. The van der Waals surface area contributed by atoms with Gasteiger partial charge in [-0.05, 0) is 51.7 Å². The summed E-state index contributed by atoms with van der Waals surface area (Å²) in [4.78, 5) is 13.2. The molecule has 0 bridgehead atoms. The summed E-state index contributed by atoms with van der Waals surface area (Å²) in [6, 6.07) is 0. The van der Waals surface area contributed by atoms with Gasteiger partial charge in [0.25, 0.3) is 0 Å². The van der Waals surface area contributed by atoms with Crippen LogP contribution in [0.3, 0.4) is 0 Å². The van der Waals surface area contributed by atoms with E-state index in [1.807, 2.05) is 0 Å². The maximum atomic E-state index is 10.6. The van der Waals surface area contributed by atoms with Crippen molar-refractivity contribution < 1.29 is 61.3 Å². The predicted octanol–water partition coefficient (Wildman–Crippen LogP) is 3.49. The first-order chi connectivity index (χ1) is 13.7. The average Bonchev–Trinajstić information content (AvgIpc) is 2.68. The van der Waals surface area contributed by atoms with E-state index in [9.17, 15) is 9.90 Å². The molecule has 0 atom stereocenters. The Labute approximate surface area is 225 Å². The zero-order valence-corrected chi connectivity index (χ0v) is 23.4. The van der Waals surface area contributed by atoms with Gasteiger partial charge < -0.3 is 14.8 Å². The third-order valence-corrected chi connectivity index (χ3v) is 5.76. The van der Waals surface area contributed by atoms with Crippen LogP contribution in [0.25, 0.3) is 0 Å². The van der Waals surface area contributed by atoms with Gasteiger partial charge in [0.05, 0.1) is 0 Å². The minimum Gasteiger partial charge on any atom is -0.550 e. The third-order valence-electron chi connectivity index (χ3n) is 5.76. The fourth-order valence-corrected chi connectivity index (χ4v) is 3.88. The first-order valence-corrected chi connectivity index (χ1v) is 12.6. The zero-order chi connectivity index (χ0) is 20.7. The normalized spacial score (nSPS) is 11.0. The minimum absolute atomic E-state index is 0. The fourth-order valence-electron chi connectivity index (χ4n) is 3.88. The Bertz CT molecular complexity index is 306. The molecule has 0 aromatic rings. The number of hydrogen-bond donors (Lipinski definition) is 0. The van der Waals surface area contributed by atoms with Gasteiger partial charge >= 0.3 is 51.4 Å². The predicted molar refractivity (Wildman–Crippen MR) is 121 cm³/mol. The van der Waals surface area contributed by atoms with Crippen LogP contribution in [0.2, 0.25) is 0 Å². The van der Waals surface area contributed by atoms with Crippen LogP contribution < -0.4 is 56.5 Å². The number of unbranched alkanes of at least 4 members (excludes halogenated alkanes) is 15. The molecule has 0 aliphatic rings. The number of carbonyl (C=O) groups is 1. The summed E-state index contributed by atoms with van der Waals surface area (Å²) < 4.78 is 0. The van der Waals surface area contributed by atoms with Gasteiger partial charge in [-0.3, -0.25) is 0 Å². The number of nitrogens with zero attached hydrogens (tertiary/aromatic N) is 1. The van der Waals surface area contributed by atoms with Gasteiger partial charge in [-0.2, -0.15) is 0 Å². The van der Waals surface area contributed by atoms with Crippen molar-refractivity contribution >= 4 is 5.97 Å². The van der Waals surface area contributed by atoms with Gasteiger partial charge in [0, 0.05) is 5.97 Å².